The largest absolute Gasteiger partial charge is 0.455 e. The van der Waals surface area contributed by atoms with E-state index in [9.17, 15) is 14.4 Å². The standard InChI is InChI=1S/C20H24N2O4S/c1-14-4-6-17(7-5-14)18(21-15(2)23)10-20(25)26-12-19(24)22(3)11-16-8-9-27-13-16/h4-9,13,18H,10-12H2,1-3H3,(H,21,23). The van der Waals surface area contributed by atoms with Gasteiger partial charge in [0.25, 0.3) is 5.91 Å². The molecule has 0 spiro atoms. The SMILES string of the molecule is CC(=O)NC(CC(=O)OCC(=O)N(C)Cc1ccsc1)c1ccc(C)cc1. The molecule has 0 aliphatic carbocycles. The van der Waals surface area contributed by atoms with E-state index in [1.165, 1.54) is 11.8 Å². The minimum atomic E-state index is -0.536. The van der Waals surface area contributed by atoms with Crippen LogP contribution in [0.15, 0.2) is 41.1 Å². The van der Waals surface area contributed by atoms with E-state index < -0.39 is 12.0 Å². The van der Waals surface area contributed by atoms with Crippen molar-refractivity contribution in [3.63, 3.8) is 0 Å². The monoisotopic (exact) mass is 388 g/mol. The molecule has 1 heterocycles. The molecule has 6 nitrogen and oxygen atoms in total. The van der Waals surface area contributed by atoms with Crippen molar-refractivity contribution in [2.45, 2.75) is 32.9 Å². The highest BCUT2D eigenvalue weighted by molar-refractivity contribution is 7.07. The highest BCUT2D eigenvalue weighted by Crippen LogP contribution is 2.18. The van der Waals surface area contributed by atoms with Gasteiger partial charge in [0.05, 0.1) is 12.5 Å². The fourth-order valence-corrected chi connectivity index (χ4v) is 3.18. The molecule has 1 aromatic carbocycles. The van der Waals surface area contributed by atoms with Crippen molar-refractivity contribution in [2.75, 3.05) is 13.7 Å². The summed E-state index contributed by atoms with van der Waals surface area (Å²) < 4.78 is 5.12. The first-order valence-corrected chi connectivity index (χ1v) is 9.53. The summed E-state index contributed by atoms with van der Waals surface area (Å²) in [6.07, 6.45) is -0.0375. The smallest absolute Gasteiger partial charge is 0.308 e. The van der Waals surface area contributed by atoms with Crippen molar-refractivity contribution < 1.29 is 19.1 Å². The lowest BCUT2D eigenvalue weighted by atomic mass is 10.0. The predicted molar refractivity (Wildman–Crippen MR) is 104 cm³/mol. The van der Waals surface area contributed by atoms with Crippen LogP contribution in [-0.2, 0) is 25.7 Å². The lowest BCUT2D eigenvalue weighted by Gasteiger charge is -2.19. The zero-order valence-electron chi connectivity index (χ0n) is 15.7. The summed E-state index contributed by atoms with van der Waals surface area (Å²) in [7, 11) is 1.67. The summed E-state index contributed by atoms with van der Waals surface area (Å²) in [5.41, 5.74) is 2.93. The van der Waals surface area contributed by atoms with Crippen molar-refractivity contribution in [1.29, 1.82) is 0 Å². The first-order chi connectivity index (χ1) is 12.8. The second-order valence-corrected chi connectivity index (χ2v) is 7.19. The van der Waals surface area contributed by atoms with E-state index in [1.807, 2.05) is 48.0 Å². The normalized spacial score (nSPS) is 11.5. The number of nitrogens with zero attached hydrogens (tertiary/aromatic N) is 1. The molecule has 2 rings (SSSR count). The highest BCUT2D eigenvalue weighted by Gasteiger charge is 2.19. The average molecular weight is 388 g/mol. The molecule has 27 heavy (non-hydrogen) atoms. The molecule has 0 saturated carbocycles. The topological polar surface area (TPSA) is 75.7 Å². The molecule has 2 amide bonds. The molecular weight excluding hydrogens is 364 g/mol. The molecule has 0 aliphatic rings. The van der Waals surface area contributed by atoms with Crippen LogP contribution in [0.3, 0.4) is 0 Å². The Bertz CT molecular complexity index is 772. The third kappa shape index (κ3) is 6.86. The average Bonchev–Trinajstić information content (AvgIpc) is 3.12. The number of thiophene rings is 1. The molecule has 0 radical (unpaired) electrons. The second kappa shape index (κ2) is 9.87. The quantitative estimate of drug-likeness (QED) is 0.706. The Hall–Kier alpha value is -2.67. The van der Waals surface area contributed by atoms with Crippen molar-refractivity contribution >= 4 is 29.1 Å². The molecule has 0 bridgehead atoms. The van der Waals surface area contributed by atoms with Crippen LogP contribution in [0.1, 0.15) is 36.1 Å². The Balaban J connectivity index is 1.88. The number of hydrogen-bond acceptors (Lipinski definition) is 5. The molecule has 1 aromatic heterocycles. The first kappa shape index (κ1) is 20.6. The molecule has 0 fully saturated rings. The molecule has 144 valence electrons. The van der Waals surface area contributed by atoms with Gasteiger partial charge in [-0.25, -0.2) is 0 Å². The van der Waals surface area contributed by atoms with Crippen molar-refractivity contribution in [3.8, 4) is 0 Å². The van der Waals surface area contributed by atoms with Crippen LogP contribution in [0.4, 0.5) is 0 Å². The third-order valence-corrected chi connectivity index (χ3v) is 4.74. The molecule has 7 heteroatoms. The lowest BCUT2D eigenvalue weighted by Crippen LogP contribution is -2.32. The minimum Gasteiger partial charge on any atom is -0.455 e. The van der Waals surface area contributed by atoms with E-state index >= 15 is 0 Å². The second-order valence-electron chi connectivity index (χ2n) is 6.41. The summed E-state index contributed by atoms with van der Waals surface area (Å²) in [5, 5.41) is 6.67. The number of carbonyl (C=O) groups excluding carboxylic acids is 3. The summed E-state index contributed by atoms with van der Waals surface area (Å²) in [5.74, 6) is -1.05. The van der Waals surface area contributed by atoms with Gasteiger partial charge in [-0.1, -0.05) is 29.8 Å². The lowest BCUT2D eigenvalue weighted by molar-refractivity contribution is -0.152. The van der Waals surface area contributed by atoms with Crippen LogP contribution in [0.5, 0.6) is 0 Å². The summed E-state index contributed by atoms with van der Waals surface area (Å²) in [6.45, 7) is 3.51. The number of ether oxygens (including phenoxy) is 1. The molecule has 0 aliphatic heterocycles. The van der Waals surface area contributed by atoms with Crippen LogP contribution in [-0.4, -0.2) is 36.3 Å². The number of amides is 2. The van der Waals surface area contributed by atoms with Gasteiger partial charge in [0.2, 0.25) is 5.91 Å². The van der Waals surface area contributed by atoms with E-state index in [4.69, 9.17) is 4.74 Å². The van der Waals surface area contributed by atoms with Gasteiger partial charge >= 0.3 is 5.97 Å². The highest BCUT2D eigenvalue weighted by atomic mass is 32.1. The first-order valence-electron chi connectivity index (χ1n) is 8.59. The van der Waals surface area contributed by atoms with Gasteiger partial charge in [-0.15, -0.1) is 0 Å². The molecular formula is C20H24N2O4S. The van der Waals surface area contributed by atoms with Gasteiger partial charge in [0.1, 0.15) is 0 Å². The van der Waals surface area contributed by atoms with Crippen molar-refractivity contribution in [3.05, 3.63) is 57.8 Å². The summed E-state index contributed by atoms with van der Waals surface area (Å²) >= 11 is 1.56. The third-order valence-electron chi connectivity index (χ3n) is 4.01. The van der Waals surface area contributed by atoms with Gasteiger partial charge in [-0.3, -0.25) is 14.4 Å². The van der Waals surface area contributed by atoms with Crippen LogP contribution in [0.25, 0.3) is 0 Å². The molecule has 1 unspecified atom stereocenters. The number of likely N-dealkylation sites (N-methyl/N-ethyl adjacent to an activating group) is 1. The fraction of sp³-hybridized carbons (Fsp3) is 0.350. The van der Waals surface area contributed by atoms with Gasteiger partial charge in [0, 0.05) is 20.5 Å². The Morgan fingerprint density at radius 2 is 1.89 bits per heavy atom. The molecule has 0 saturated heterocycles. The number of hydrogen-bond donors (Lipinski definition) is 1. The van der Waals surface area contributed by atoms with Crippen LogP contribution >= 0.6 is 11.3 Å². The maximum Gasteiger partial charge on any atom is 0.308 e. The molecule has 1 N–H and O–H groups in total. The van der Waals surface area contributed by atoms with Crippen LogP contribution < -0.4 is 5.32 Å². The Kier molecular flexibility index (Phi) is 7.55. The Morgan fingerprint density at radius 3 is 2.48 bits per heavy atom. The zero-order chi connectivity index (χ0) is 19.8. The maximum absolute atomic E-state index is 12.2. The maximum atomic E-state index is 12.2. The minimum absolute atomic E-state index is 0.0375. The van der Waals surface area contributed by atoms with E-state index in [2.05, 4.69) is 5.32 Å². The van der Waals surface area contributed by atoms with Gasteiger partial charge < -0.3 is 15.0 Å². The number of rotatable bonds is 8. The van der Waals surface area contributed by atoms with Crippen molar-refractivity contribution in [1.82, 2.24) is 10.2 Å². The fourth-order valence-electron chi connectivity index (χ4n) is 2.52. The van der Waals surface area contributed by atoms with E-state index in [-0.39, 0.29) is 24.8 Å². The van der Waals surface area contributed by atoms with Gasteiger partial charge in [0.15, 0.2) is 6.61 Å². The van der Waals surface area contributed by atoms with E-state index in [1.54, 1.807) is 18.4 Å². The molecule has 2 aromatic rings. The number of carbonyl (C=O) groups is 3. The number of benzene rings is 1. The number of esters is 1. The van der Waals surface area contributed by atoms with Crippen LogP contribution in [0.2, 0.25) is 0 Å². The van der Waals surface area contributed by atoms with Gasteiger partial charge in [-0.2, -0.15) is 11.3 Å². The molecule has 1 atom stereocenters. The Morgan fingerprint density at radius 1 is 1.19 bits per heavy atom. The zero-order valence-corrected chi connectivity index (χ0v) is 16.5. The number of nitrogens with one attached hydrogen (secondary N) is 1. The van der Waals surface area contributed by atoms with E-state index in [0.29, 0.717) is 6.54 Å². The Labute approximate surface area is 163 Å². The van der Waals surface area contributed by atoms with Crippen LogP contribution in [0, 0.1) is 6.92 Å². The van der Waals surface area contributed by atoms with E-state index in [0.717, 1.165) is 16.7 Å². The van der Waals surface area contributed by atoms with Crippen molar-refractivity contribution in [2.24, 2.45) is 0 Å². The van der Waals surface area contributed by atoms with Gasteiger partial charge in [-0.05, 0) is 34.9 Å². The summed E-state index contributed by atoms with van der Waals surface area (Å²) in [6, 6.07) is 9.01. The predicted octanol–water partition coefficient (Wildman–Crippen LogP) is 2.83. The summed E-state index contributed by atoms with van der Waals surface area (Å²) in [4.78, 5) is 37.3. The number of aryl methyl sites for hydroxylation is 1.